The number of benzene rings is 4. The second-order valence-electron chi connectivity index (χ2n) is 28.8. The number of aliphatic hydroxyl groups is 3. The lowest BCUT2D eigenvalue weighted by Gasteiger charge is -2.34. The summed E-state index contributed by atoms with van der Waals surface area (Å²) in [6.07, 6.45) is 14.0. The van der Waals surface area contributed by atoms with Gasteiger partial charge < -0.3 is 80.8 Å². The van der Waals surface area contributed by atoms with Gasteiger partial charge in [0, 0.05) is 79.1 Å². The third-order valence-corrected chi connectivity index (χ3v) is 19.5. The Labute approximate surface area is 674 Å². The highest BCUT2D eigenvalue weighted by molar-refractivity contribution is 5.94. The number of Topliss-reactive ketones (excluding diaryl/α,β-unsaturated/α-hetero) is 2. The van der Waals surface area contributed by atoms with Crippen molar-refractivity contribution >= 4 is 86.8 Å². The second-order valence-corrected chi connectivity index (χ2v) is 28.8. The van der Waals surface area contributed by atoms with Gasteiger partial charge in [-0.1, -0.05) is 0 Å². The third-order valence-electron chi connectivity index (χ3n) is 19.5. The molecule has 1 amide bonds. The van der Waals surface area contributed by atoms with Crippen LogP contribution >= 0.6 is 12.4 Å². The van der Waals surface area contributed by atoms with Crippen molar-refractivity contribution in [2.24, 2.45) is 5.73 Å². The number of ketones is 2. The molecule has 10 aromatic rings. The summed E-state index contributed by atoms with van der Waals surface area (Å²) in [5.74, 6) is 0.182. The highest BCUT2D eigenvalue weighted by Crippen LogP contribution is 2.30. The smallest absolute Gasteiger partial charge is 0.407 e. The summed E-state index contributed by atoms with van der Waals surface area (Å²) in [5, 5.41) is 47.3. The van der Waals surface area contributed by atoms with Gasteiger partial charge in [-0.05, 0) is 127 Å². The summed E-state index contributed by atoms with van der Waals surface area (Å²) in [6, 6.07) is 11.0. The SMILES string of the molecule is COc1cnc2ccc(F)c(C=O)c2n1.COc1cnc2ccc(F)c(CN[C@@H]3CC[C@@H](N)C[C@@H]3O)c2n1.COc1cnc2ccc(F)c(CN[C@@H]3CC[C@@H](NC(=O)OC(C)(C)C)C[C@@H]3O)c2n1.COc1cnc2ccc(F)c(CN[C@@H]3CC[C@@H](NCc4cnc5c(n4)CC(=O)CO5)C[C@@H]3O)c2n1.Cl.O=Cc1cnc2c(n1)CC(=O)CO2. The fraction of sp³-hybridized carbons (Fsp3) is 0.430. The molecule has 33 nitrogen and oxygen atoms in total. The van der Waals surface area contributed by atoms with Gasteiger partial charge in [-0.15, -0.1) is 12.4 Å². The number of alkyl carbamates (subject to hydrolysis) is 1. The molecular weight excluding hydrogens is 1550 g/mol. The molecule has 0 unspecified atom stereocenters. The van der Waals surface area contributed by atoms with E-state index in [2.05, 4.69) is 86.4 Å². The van der Waals surface area contributed by atoms with Crippen molar-refractivity contribution < 1.29 is 90.0 Å². The third kappa shape index (κ3) is 23.6. The Morgan fingerprint density at radius 2 is 0.897 bits per heavy atom. The number of aliphatic hydroxyl groups excluding tert-OH is 3. The van der Waals surface area contributed by atoms with Crippen LogP contribution in [-0.2, 0) is 53.3 Å². The Morgan fingerprint density at radius 3 is 1.32 bits per heavy atom. The summed E-state index contributed by atoms with van der Waals surface area (Å²) in [7, 11) is 5.89. The maximum absolute atomic E-state index is 14.6. The standard InChI is InChI=1S/C24H27FN6O4.C21H29FN4O4.C16H21FN4O2.C10H7FN2O2.C8H6N2O3.ClH/c1-34-22-11-28-19-5-3-17(25)16(23(19)31-22)10-27-18-4-2-13(6-21(18)33)26-8-14-9-29-24-20(30-14)7-15(32)12-35-24;1-21(2,3)30-20(28)25-12-5-7-15(17(27)9-12)23-10-13-14(22)6-8-16-19(13)26-18(29-4)11-24-16;1-23-15-8-20-13-5-3-11(17)10(16(13)21-15)7-19-12-4-2-9(18)6-14(12)22;1-15-9-4-12-8-3-2-7(11)6(5-14)10(8)13-9;11-3-5-2-9-8-7(10-5)1-6(12)4-13-8;/h3,5,9,11,13,18,21,26-27,33H,2,4,6-8,10,12H2,1H3;6,8,11-12,15,17,23,27H,5,7,9-10H2,1-4H3,(H,25,28);3,5,8-9,12,14,19,22H,2,4,6-7,18H2,1H3;2-5H,1H3;2-3H,1,4H2;1H/t13-,18-,21+;12-,15-,17+;9-,12-,14+;;;/m111.../s1. The molecule has 10 N–H and O–H groups in total. The zero-order chi connectivity index (χ0) is 82.7. The molecule has 38 heteroatoms. The molecule has 9 atom stereocenters. The molecule has 0 bridgehead atoms. The van der Waals surface area contributed by atoms with Gasteiger partial charge in [0.25, 0.3) is 0 Å². The van der Waals surface area contributed by atoms with E-state index in [4.69, 9.17) is 38.9 Å². The minimum absolute atomic E-state index is 0. The Balaban J connectivity index is 0.000000160. The van der Waals surface area contributed by atoms with Crippen molar-refractivity contribution in [3.8, 4) is 35.3 Å². The number of nitrogens with zero attached hydrogens (tertiary/aromatic N) is 12. The minimum atomic E-state index is -0.683. The Bertz CT molecular complexity index is 5170. The largest absolute Gasteiger partial charge is 0.480 e. The lowest BCUT2D eigenvalue weighted by molar-refractivity contribution is -0.122. The van der Waals surface area contributed by atoms with Crippen LogP contribution in [0.2, 0.25) is 0 Å². The predicted molar refractivity (Wildman–Crippen MR) is 418 cm³/mol. The fourth-order valence-electron chi connectivity index (χ4n) is 13.5. The first-order valence-corrected chi connectivity index (χ1v) is 37.4. The van der Waals surface area contributed by atoms with Crippen LogP contribution in [0.4, 0.5) is 22.4 Å². The summed E-state index contributed by atoms with van der Waals surface area (Å²) >= 11 is 0. The number of nitrogens with two attached hydrogens (primary N) is 1. The number of aromatic nitrogens is 12. The summed E-state index contributed by atoms with van der Waals surface area (Å²) in [4.78, 5) is 106. The molecule has 2 aliphatic heterocycles. The molecule has 3 aliphatic carbocycles. The highest BCUT2D eigenvalue weighted by atomic mass is 35.5. The van der Waals surface area contributed by atoms with Gasteiger partial charge in [0.2, 0.25) is 35.3 Å². The van der Waals surface area contributed by atoms with Crippen molar-refractivity contribution in [3.05, 3.63) is 154 Å². The van der Waals surface area contributed by atoms with Crippen molar-refractivity contribution in [3.63, 3.8) is 0 Å². The van der Waals surface area contributed by atoms with Gasteiger partial charge >= 0.3 is 6.09 Å². The summed E-state index contributed by atoms with van der Waals surface area (Å²) in [6.45, 7) is 6.64. The van der Waals surface area contributed by atoms with E-state index in [1.807, 2.05) is 0 Å². The van der Waals surface area contributed by atoms with Crippen LogP contribution in [-0.4, -0.2) is 207 Å². The number of carbonyl (C=O) groups excluding carboxylic acids is 5. The van der Waals surface area contributed by atoms with Gasteiger partial charge in [-0.3, -0.25) is 19.2 Å². The lowest BCUT2D eigenvalue weighted by Crippen LogP contribution is -2.50. The molecule has 117 heavy (non-hydrogen) atoms. The van der Waals surface area contributed by atoms with E-state index in [0.29, 0.717) is 147 Å². The van der Waals surface area contributed by atoms with Crippen molar-refractivity contribution in [1.29, 1.82) is 0 Å². The maximum atomic E-state index is 14.6. The van der Waals surface area contributed by atoms with Crippen LogP contribution in [0.5, 0.6) is 35.3 Å². The minimum Gasteiger partial charge on any atom is -0.480 e. The summed E-state index contributed by atoms with van der Waals surface area (Å²) < 4.78 is 92.2. The van der Waals surface area contributed by atoms with Gasteiger partial charge in [-0.2, -0.15) is 0 Å². The number of nitrogens with one attached hydrogen (secondary N) is 5. The van der Waals surface area contributed by atoms with Gasteiger partial charge in [0.15, 0.2) is 24.1 Å². The number of hydrogen-bond acceptors (Lipinski definition) is 32. The lowest BCUT2D eigenvalue weighted by atomic mass is 9.88. The van der Waals surface area contributed by atoms with Crippen LogP contribution in [0.3, 0.4) is 0 Å². The van der Waals surface area contributed by atoms with Crippen LogP contribution in [0.1, 0.15) is 133 Å². The first-order valence-electron chi connectivity index (χ1n) is 37.4. The molecule has 15 rings (SSSR count). The van der Waals surface area contributed by atoms with E-state index in [9.17, 15) is 56.9 Å². The number of rotatable bonds is 19. The topological polar surface area (TPSA) is 451 Å². The van der Waals surface area contributed by atoms with E-state index in [0.717, 1.165) is 31.4 Å². The predicted octanol–water partition coefficient (Wildman–Crippen LogP) is 6.82. The normalized spacial score (nSPS) is 20.0. The highest BCUT2D eigenvalue weighted by Gasteiger charge is 2.34. The van der Waals surface area contributed by atoms with Crippen LogP contribution in [0, 0.1) is 23.3 Å². The second kappa shape index (κ2) is 41.1. The van der Waals surface area contributed by atoms with Crippen molar-refractivity contribution in [1.82, 2.24) is 86.4 Å². The van der Waals surface area contributed by atoms with Crippen LogP contribution < -0.4 is 60.7 Å². The van der Waals surface area contributed by atoms with Crippen molar-refractivity contribution in [2.75, 3.05) is 41.7 Å². The molecule has 8 heterocycles. The molecule has 622 valence electrons. The number of aldehydes is 2. The number of ether oxygens (including phenoxy) is 7. The van der Waals surface area contributed by atoms with E-state index in [1.165, 1.54) is 89.8 Å². The molecule has 6 aromatic heterocycles. The molecule has 0 saturated heterocycles. The zero-order valence-electron chi connectivity index (χ0n) is 65.1. The van der Waals surface area contributed by atoms with Gasteiger partial charge in [-0.25, -0.2) is 82.2 Å². The first-order chi connectivity index (χ1) is 55.8. The average Bonchev–Trinajstić information content (AvgIpc) is 0.806. The first kappa shape index (κ1) is 88.2. The Morgan fingerprint density at radius 1 is 0.496 bits per heavy atom. The quantitative estimate of drug-likeness (QED) is 0.0296. The number of halogens is 5. The zero-order valence-corrected chi connectivity index (χ0v) is 65.9. The molecule has 0 spiro atoms. The van der Waals surface area contributed by atoms with E-state index in [-0.39, 0.29) is 140 Å². The van der Waals surface area contributed by atoms with Crippen LogP contribution in [0.15, 0.2) is 85.7 Å². The van der Waals surface area contributed by atoms with Gasteiger partial charge in [0.05, 0.1) is 130 Å². The number of methoxy groups -OCH3 is 4. The molecule has 3 saturated carbocycles. The maximum Gasteiger partial charge on any atom is 0.407 e. The van der Waals surface area contributed by atoms with Gasteiger partial charge in [0.1, 0.15) is 81.2 Å². The fourth-order valence-corrected chi connectivity index (χ4v) is 13.5. The average molecular weight is 1640 g/mol. The molecule has 4 aromatic carbocycles. The van der Waals surface area contributed by atoms with E-state index < -0.39 is 41.6 Å². The number of carbonyl (C=O) groups is 5. The summed E-state index contributed by atoms with van der Waals surface area (Å²) in [5.41, 5.74) is 12.1. The molecule has 5 aliphatic rings. The molecule has 0 radical (unpaired) electrons. The Kier molecular flexibility index (Phi) is 31.0. The number of hydrogen-bond donors (Lipinski definition) is 9. The number of amides is 1. The van der Waals surface area contributed by atoms with Crippen LogP contribution in [0.25, 0.3) is 44.1 Å². The van der Waals surface area contributed by atoms with Crippen molar-refractivity contribution in [2.45, 2.75) is 178 Å². The molecular formula is C79H91ClF4N18O15. The van der Waals surface area contributed by atoms with E-state index >= 15 is 0 Å². The molecule has 3 fully saturated rings. The Hall–Kier alpha value is -11.2. The monoisotopic (exact) mass is 1640 g/mol. The number of fused-ring (bicyclic) bond motifs is 6. The van der Waals surface area contributed by atoms with E-state index in [1.54, 1.807) is 45.2 Å².